The lowest BCUT2D eigenvalue weighted by atomic mass is 10.2. The Morgan fingerprint density at radius 3 is 2.45 bits per heavy atom. The summed E-state index contributed by atoms with van der Waals surface area (Å²) >= 11 is 7.78. The van der Waals surface area contributed by atoms with Gasteiger partial charge in [-0.3, -0.25) is 14.5 Å². The van der Waals surface area contributed by atoms with Gasteiger partial charge in [0.1, 0.15) is 5.82 Å². The molecule has 1 aromatic heterocycles. The van der Waals surface area contributed by atoms with E-state index in [0.29, 0.717) is 17.4 Å². The Bertz CT molecular complexity index is 1060. The lowest BCUT2D eigenvalue weighted by molar-refractivity contribution is -0.119. The van der Waals surface area contributed by atoms with Gasteiger partial charge in [-0.15, -0.1) is 11.8 Å². The molecule has 31 heavy (non-hydrogen) atoms. The van der Waals surface area contributed by atoms with E-state index in [1.54, 1.807) is 40.7 Å². The highest BCUT2D eigenvalue weighted by molar-refractivity contribution is 7.98. The van der Waals surface area contributed by atoms with Gasteiger partial charge in [0.05, 0.1) is 31.5 Å². The van der Waals surface area contributed by atoms with Crippen molar-refractivity contribution < 1.29 is 9.59 Å². The second kappa shape index (κ2) is 11.0. The predicted molar refractivity (Wildman–Crippen MR) is 126 cm³/mol. The Morgan fingerprint density at radius 1 is 1.03 bits per heavy atom. The van der Waals surface area contributed by atoms with Crippen molar-refractivity contribution in [2.45, 2.75) is 11.4 Å². The number of nitrogens with one attached hydrogen (secondary N) is 2. The molecule has 0 saturated carbocycles. The molecule has 0 spiro atoms. The van der Waals surface area contributed by atoms with Crippen molar-refractivity contribution in [3.8, 4) is 0 Å². The molecule has 0 unspecified atom stereocenters. The molecule has 2 amide bonds. The van der Waals surface area contributed by atoms with Crippen LogP contribution < -0.4 is 10.6 Å². The summed E-state index contributed by atoms with van der Waals surface area (Å²) in [4.78, 5) is 27.5. The number of halogens is 1. The largest absolute Gasteiger partial charge is 0.324 e. The molecular formula is C22H24ClN5O2S. The minimum atomic E-state index is -0.235. The summed E-state index contributed by atoms with van der Waals surface area (Å²) < 4.78 is 1.67. The highest BCUT2D eigenvalue weighted by Gasteiger charge is 2.14. The van der Waals surface area contributed by atoms with E-state index in [0.717, 1.165) is 16.1 Å². The molecular weight excluding hydrogens is 434 g/mol. The van der Waals surface area contributed by atoms with Crippen LogP contribution in [0.1, 0.15) is 5.56 Å². The summed E-state index contributed by atoms with van der Waals surface area (Å²) in [5.74, 6) is 0.151. The van der Waals surface area contributed by atoms with Crippen molar-refractivity contribution in [3.63, 3.8) is 0 Å². The zero-order valence-corrected chi connectivity index (χ0v) is 18.9. The van der Waals surface area contributed by atoms with Crippen LogP contribution in [0.3, 0.4) is 0 Å². The Balaban J connectivity index is 1.52. The normalized spacial score (nSPS) is 10.8. The van der Waals surface area contributed by atoms with Crippen LogP contribution in [0.2, 0.25) is 5.02 Å². The van der Waals surface area contributed by atoms with Crippen LogP contribution in [0.25, 0.3) is 0 Å². The highest BCUT2D eigenvalue weighted by atomic mass is 35.5. The maximum Gasteiger partial charge on any atom is 0.239 e. The van der Waals surface area contributed by atoms with Gasteiger partial charge in [0, 0.05) is 16.0 Å². The molecule has 0 aliphatic carbocycles. The number of likely N-dealkylation sites (N-methyl/N-ethyl adjacent to an activating group) is 1. The number of nitrogens with zero attached hydrogens (tertiary/aromatic N) is 3. The molecule has 7 nitrogen and oxygen atoms in total. The molecule has 9 heteroatoms. The Labute approximate surface area is 190 Å². The summed E-state index contributed by atoms with van der Waals surface area (Å²) in [5, 5.41) is 10.6. The molecule has 0 bridgehead atoms. The molecule has 0 atom stereocenters. The Morgan fingerprint density at radius 2 is 1.71 bits per heavy atom. The van der Waals surface area contributed by atoms with E-state index >= 15 is 0 Å². The van der Waals surface area contributed by atoms with Crippen LogP contribution in [-0.2, 0) is 16.1 Å². The van der Waals surface area contributed by atoms with E-state index in [2.05, 4.69) is 15.7 Å². The first-order valence-corrected chi connectivity index (χ1v) is 11.2. The van der Waals surface area contributed by atoms with Gasteiger partial charge in [0.25, 0.3) is 0 Å². The molecule has 162 valence electrons. The summed E-state index contributed by atoms with van der Waals surface area (Å²) in [7, 11) is 1.72. The minimum Gasteiger partial charge on any atom is -0.324 e. The summed E-state index contributed by atoms with van der Waals surface area (Å²) in [6, 6.07) is 16.8. The van der Waals surface area contributed by atoms with Gasteiger partial charge in [-0.25, -0.2) is 4.68 Å². The van der Waals surface area contributed by atoms with Crippen molar-refractivity contribution in [2.24, 2.45) is 0 Å². The van der Waals surface area contributed by atoms with E-state index in [1.807, 2.05) is 54.8 Å². The van der Waals surface area contributed by atoms with Crippen LogP contribution in [-0.4, -0.2) is 52.9 Å². The number of hydrogen-bond donors (Lipinski definition) is 2. The second-order valence-corrected chi connectivity index (χ2v) is 8.19. The molecule has 2 aromatic carbocycles. The number of carbonyl (C=O) groups excluding carboxylic acids is 2. The number of amides is 2. The number of thioether (sulfide) groups is 1. The van der Waals surface area contributed by atoms with Gasteiger partial charge < -0.3 is 10.6 Å². The van der Waals surface area contributed by atoms with Crippen LogP contribution in [0.15, 0.2) is 65.7 Å². The number of rotatable bonds is 9. The third kappa shape index (κ3) is 6.58. The maximum atomic E-state index is 12.5. The molecule has 0 fully saturated rings. The van der Waals surface area contributed by atoms with Gasteiger partial charge in [0.15, 0.2) is 0 Å². The topological polar surface area (TPSA) is 79.3 Å². The van der Waals surface area contributed by atoms with E-state index < -0.39 is 0 Å². The standard InChI is InChI=1S/C22H24ClN5O2S/c1-27(14-21(29)25-18-9-5-6-10-19(18)31-2)15-22(30)26-20-11-12-24-28(20)13-16-7-3-4-8-17(16)23/h3-12H,13-15H2,1-2H3,(H,25,29)(H,26,30). The average Bonchev–Trinajstić information content (AvgIpc) is 3.16. The van der Waals surface area contributed by atoms with Crippen LogP contribution in [0, 0.1) is 0 Å². The first-order chi connectivity index (χ1) is 15.0. The van der Waals surface area contributed by atoms with Gasteiger partial charge >= 0.3 is 0 Å². The first kappa shape index (κ1) is 22.9. The minimum absolute atomic E-state index is 0.0644. The van der Waals surface area contributed by atoms with Crippen molar-refractivity contribution in [1.82, 2.24) is 14.7 Å². The monoisotopic (exact) mass is 457 g/mol. The van der Waals surface area contributed by atoms with Gasteiger partial charge in [-0.05, 0) is 37.1 Å². The fraction of sp³-hybridized carbons (Fsp3) is 0.227. The van der Waals surface area contributed by atoms with E-state index in [9.17, 15) is 9.59 Å². The molecule has 1 heterocycles. The van der Waals surface area contributed by atoms with Gasteiger partial charge in [-0.1, -0.05) is 41.9 Å². The maximum absolute atomic E-state index is 12.5. The van der Waals surface area contributed by atoms with Crippen molar-refractivity contribution in [2.75, 3.05) is 37.0 Å². The van der Waals surface area contributed by atoms with E-state index in [1.165, 1.54) is 0 Å². The van der Waals surface area contributed by atoms with E-state index in [-0.39, 0.29) is 24.9 Å². The van der Waals surface area contributed by atoms with Gasteiger partial charge in [-0.2, -0.15) is 5.10 Å². The number of aromatic nitrogens is 2. The van der Waals surface area contributed by atoms with Crippen molar-refractivity contribution in [1.29, 1.82) is 0 Å². The number of para-hydroxylation sites is 1. The number of benzene rings is 2. The first-order valence-electron chi connectivity index (χ1n) is 9.62. The predicted octanol–water partition coefficient (Wildman–Crippen LogP) is 3.82. The zero-order chi connectivity index (χ0) is 22.2. The third-order valence-corrected chi connectivity index (χ3v) is 5.63. The van der Waals surface area contributed by atoms with Crippen LogP contribution in [0.5, 0.6) is 0 Å². The van der Waals surface area contributed by atoms with Crippen molar-refractivity contribution in [3.05, 3.63) is 71.4 Å². The number of hydrogen-bond acceptors (Lipinski definition) is 5. The summed E-state index contributed by atoms with van der Waals surface area (Å²) in [6.45, 7) is 0.596. The fourth-order valence-electron chi connectivity index (χ4n) is 3.02. The smallest absolute Gasteiger partial charge is 0.239 e. The lowest BCUT2D eigenvalue weighted by Gasteiger charge is -2.17. The average molecular weight is 458 g/mol. The molecule has 0 aliphatic heterocycles. The van der Waals surface area contributed by atoms with Crippen molar-refractivity contribution >= 4 is 46.7 Å². The molecule has 0 aliphatic rings. The number of carbonyl (C=O) groups is 2. The molecule has 3 rings (SSSR count). The Hall–Kier alpha value is -2.81. The Kier molecular flexibility index (Phi) is 8.11. The van der Waals surface area contributed by atoms with Crippen LogP contribution in [0.4, 0.5) is 11.5 Å². The highest BCUT2D eigenvalue weighted by Crippen LogP contribution is 2.24. The molecule has 0 radical (unpaired) electrons. The molecule has 2 N–H and O–H groups in total. The summed E-state index contributed by atoms with van der Waals surface area (Å²) in [6.07, 6.45) is 3.57. The quantitative estimate of drug-likeness (QED) is 0.477. The SMILES string of the molecule is CSc1ccccc1NC(=O)CN(C)CC(=O)Nc1ccnn1Cc1ccccc1Cl. The third-order valence-electron chi connectivity index (χ3n) is 4.47. The second-order valence-electron chi connectivity index (χ2n) is 6.93. The zero-order valence-electron chi connectivity index (χ0n) is 17.3. The number of anilines is 2. The summed E-state index contributed by atoms with van der Waals surface area (Å²) in [5.41, 5.74) is 1.67. The fourth-order valence-corrected chi connectivity index (χ4v) is 3.77. The van der Waals surface area contributed by atoms with Gasteiger partial charge in [0.2, 0.25) is 11.8 Å². The van der Waals surface area contributed by atoms with Crippen LogP contribution >= 0.6 is 23.4 Å². The van der Waals surface area contributed by atoms with E-state index in [4.69, 9.17) is 11.6 Å². The molecule has 3 aromatic rings. The molecule has 0 saturated heterocycles. The lowest BCUT2D eigenvalue weighted by Crippen LogP contribution is -2.36.